The maximum absolute atomic E-state index is 11.5. The molecule has 1 aromatic carbocycles. The van der Waals surface area contributed by atoms with Crippen molar-refractivity contribution in [2.45, 2.75) is 13.0 Å². The molecule has 94 valence electrons. The van der Waals surface area contributed by atoms with E-state index < -0.39 is 6.04 Å². The van der Waals surface area contributed by atoms with E-state index in [2.05, 4.69) is 0 Å². The molecule has 0 aliphatic rings. The van der Waals surface area contributed by atoms with E-state index in [-0.39, 0.29) is 5.91 Å². The maximum Gasteiger partial charge on any atom is 0.239 e. The number of rotatable bonds is 5. The lowest BCUT2D eigenvalue weighted by molar-refractivity contribution is -0.131. The first-order valence-corrected chi connectivity index (χ1v) is 5.77. The highest BCUT2D eigenvalue weighted by Crippen LogP contribution is 2.15. The monoisotopic (exact) mass is 256 g/mol. The van der Waals surface area contributed by atoms with E-state index in [4.69, 9.17) is 22.1 Å². The van der Waals surface area contributed by atoms with Crippen LogP contribution in [0.1, 0.15) is 6.92 Å². The van der Waals surface area contributed by atoms with Crippen molar-refractivity contribution in [3.05, 3.63) is 29.3 Å². The van der Waals surface area contributed by atoms with Gasteiger partial charge >= 0.3 is 0 Å². The second-order valence-corrected chi connectivity index (χ2v) is 4.29. The van der Waals surface area contributed by atoms with E-state index in [0.29, 0.717) is 18.2 Å². The number of ether oxygens (including phenoxy) is 1. The Morgan fingerprint density at radius 3 is 2.59 bits per heavy atom. The molecule has 0 spiro atoms. The number of nitrogens with zero attached hydrogens (tertiary/aromatic N) is 1. The molecular weight excluding hydrogens is 240 g/mol. The molecule has 2 N–H and O–H groups in total. The molecule has 4 nitrogen and oxygen atoms in total. The van der Waals surface area contributed by atoms with Crippen molar-refractivity contribution < 1.29 is 9.53 Å². The average Bonchev–Trinajstić information content (AvgIpc) is 2.30. The number of halogens is 1. The van der Waals surface area contributed by atoms with Crippen molar-refractivity contribution in [3.63, 3.8) is 0 Å². The minimum Gasteiger partial charge on any atom is -0.492 e. The van der Waals surface area contributed by atoms with E-state index in [1.807, 2.05) is 0 Å². The van der Waals surface area contributed by atoms with Crippen LogP contribution in [0.4, 0.5) is 0 Å². The SMILES string of the molecule is C[C@@H](N)C(=O)N(C)CCOc1ccc(Cl)cc1. The lowest BCUT2D eigenvalue weighted by Gasteiger charge is -2.19. The Bertz CT molecular complexity index is 365. The van der Waals surface area contributed by atoms with Crippen molar-refractivity contribution >= 4 is 17.5 Å². The Kier molecular flexibility index (Phi) is 5.25. The summed E-state index contributed by atoms with van der Waals surface area (Å²) in [6.07, 6.45) is 0. The number of carbonyl (C=O) groups excluding carboxylic acids is 1. The molecule has 0 fully saturated rings. The highest BCUT2D eigenvalue weighted by atomic mass is 35.5. The fraction of sp³-hybridized carbons (Fsp3) is 0.417. The molecule has 0 bridgehead atoms. The summed E-state index contributed by atoms with van der Waals surface area (Å²) in [6.45, 7) is 2.60. The Hall–Kier alpha value is -1.26. The molecule has 0 unspecified atom stereocenters. The fourth-order valence-corrected chi connectivity index (χ4v) is 1.42. The van der Waals surface area contributed by atoms with Gasteiger partial charge in [-0.15, -0.1) is 0 Å². The summed E-state index contributed by atoms with van der Waals surface area (Å²) in [5, 5.41) is 0.668. The predicted molar refractivity (Wildman–Crippen MR) is 68.2 cm³/mol. The summed E-state index contributed by atoms with van der Waals surface area (Å²) < 4.78 is 5.47. The van der Waals surface area contributed by atoms with Crippen molar-refractivity contribution in [1.82, 2.24) is 4.90 Å². The van der Waals surface area contributed by atoms with Gasteiger partial charge in [0.15, 0.2) is 0 Å². The Morgan fingerprint density at radius 1 is 1.47 bits per heavy atom. The third-order valence-electron chi connectivity index (χ3n) is 2.27. The zero-order chi connectivity index (χ0) is 12.8. The van der Waals surface area contributed by atoms with Gasteiger partial charge < -0.3 is 15.4 Å². The largest absolute Gasteiger partial charge is 0.492 e. The topological polar surface area (TPSA) is 55.6 Å². The minimum absolute atomic E-state index is 0.0929. The van der Waals surface area contributed by atoms with Gasteiger partial charge in [0, 0.05) is 12.1 Å². The van der Waals surface area contributed by atoms with Crippen LogP contribution in [0.3, 0.4) is 0 Å². The van der Waals surface area contributed by atoms with Crippen LogP contribution in [0.5, 0.6) is 5.75 Å². The lowest BCUT2D eigenvalue weighted by atomic mass is 10.3. The number of hydrogen-bond donors (Lipinski definition) is 1. The summed E-state index contributed by atoms with van der Waals surface area (Å²) in [5.74, 6) is 0.640. The second kappa shape index (κ2) is 6.47. The molecule has 5 heteroatoms. The zero-order valence-electron chi connectivity index (χ0n) is 10.0. The molecule has 0 saturated heterocycles. The number of likely N-dealkylation sites (N-methyl/N-ethyl adjacent to an activating group) is 1. The van der Waals surface area contributed by atoms with Gasteiger partial charge in [-0.3, -0.25) is 4.79 Å². The van der Waals surface area contributed by atoms with E-state index in [0.717, 1.165) is 5.75 Å². The molecule has 1 atom stereocenters. The van der Waals surface area contributed by atoms with Crippen LogP contribution in [0.25, 0.3) is 0 Å². The van der Waals surface area contributed by atoms with Crippen LogP contribution in [0.15, 0.2) is 24.3 Å². The molecule has 0 radical (unpaired) electrons. The molecule has 0 heterocycles. The molecule has 1 amide bonds. The molecule has 17 heavy (non-hydrogen) atoms. The summed E-state index contributed by atoms with van der Waals surface area (Å²) in [7, 11) is 1.71. The van der Waals surface area contributed by atoms with Crippen molar-refractivity contribution in [2.75, 3.05) is 20.2 Å². The first kappa shape index (κ1) is 13.8. The summed E-state index contributed by atoms with van der Waals surface area (Å²) in [4.78, 5) is 13.0. The van der Waals surface area contributed by atoms with Crippen LogP contribution in [-0.4, -0.2) is 37.0 Å². The molecule has 0 aliphatic carbocycles. The minimum atomic E-state index is -0.476. The number of carbonyl (C=O) groups is 1. The molecule has 1 aromatic rings. The summed E-state index contributed by atoms with van der Waals surface area (Å²) >= 11 is 5.75. The van der Waals surface area contributed by atoms with Gasteiger partial charge in [-0.05, 0) is 31.2 Å². The number of amides is 1. The summed E-state index contributed by atoms with van der Waals surface area (Å²) in [6, 6.07) is 6.61. The van der Waals surface area contributed by atoms with Crippen LogP contribution >= 0.6 is 11.6 Å². The van der Waals surface area contributed by atoms with E-state index in [1.165, 1.54) is 0 Å². The molecule has 0 saturated carbocycles. The Balaban J connectivity index is 2.33. The van der Waals surface area contributed by atoms with Crippen LogP contribution in [0.2, 0.25) is 5.02 Å². The highest BCUT2D eigenvalue weighted by molar-refractivity contribution is 6.30. The Labute approximate surface area is 106 Å². The second-order valence-electron chi connectivity index (χ2n) is 3.85. The smallest absolute Gasteiger partial charge is 0.239 e. The van der Waals surface area contributed by atoms with E-state index in [1.54, 1.807) is 43.1 Å². The van der Waals surface area contributed by atoms with Crippen molar-refractivity contribution in [3.8, 4) is 5.75 Å². The van der Waals surface area contributed by atoms with E-state index >= 15 is 0 Å². The highest BCUT2D eigenvalue weighted by Gasteiger charge is 2.12. The van der Waals surface area contributed by atoms with Crippen LogP contribution in [0, 0.1) is 0 Å². The van der Waals surface area contributed by atoms with Gasteiger partial charge in [0.2, 0.25) is 5.91 Å². The van der Waals surface area contributed by atoms with Gasteiger partial charge in [0.1, 0.15) is 12.4 Å². The third-order valence-corrected chi connectivity index (χ3v) is 2.53. The average molecular weight is 257 g/mol. The van der Waals surface area contributed by atoms with E-state index in [9.17, 15) is 4.79 Å². The van der Waals surface area contributed by atoms with Crippen LogP contribution < -0.4 is 10.5 Å². The summed E-state index contributed by atoms with van der Waals surface area (Å²) in [5.41, 5.74) is 5.49. The normalized spacial score (nSPS) is 12.0. The standard InChI is InChI=1S/C12H17ClN2O2/c1-9(14)12(16)15(2)7-8-17-11-5-3-10(13)4-6-11/h3-6,9H,7-8,14H2,1-2H3/t9-/m1/s1. The fourth-order valence-electron chi connectivity index (χ4n) is 1.29. The Morgan fingerprint density at radius 2 is 2.06 bits per heavy atom. The molecule has 0 aliphatic heterocycles. The van der Waals surface area contributed by atoms with Gasteiger partial charge in [-0.2, -0.15) is 0 Å². The number of nitrogens with two attached hydrogens (primary N) is 1. The molecule has 0 aromatic heterocycles. The van der Waals surface area contributed by atoms with Gasteiger partial charge in [0.25, 0.3) is 0 Å². The van der Waals surface area contributed by atoms with Crippen molar-refractivity contribution in [2.24, 2.45) is 5.73 Å². The van der Waals surface area contributed by atoms with Crippen LogP contribution in [-0.2, 0) is 4.79 Å². The predicted octanol–water partition coefficient (Wildman–Crippen LogP) is 1.52. The quantitative estimate of drug-likeness (QED) is 0.869. The third kappa shape index (κ3) is 4.63. The first-order chi connectivity index (χ1) is 8.00. The molecular formula is C12H17ClN2O2. The van der Waals surface area contributed by atoms with Gasteiger partial charge in [-0.1, -0.05) is 11.6 Å². The maximum atomic E-state index is 11.5. The van der Waals surface area contributed by atoms with Crippen molar-refractivity contribution in [1.29, 1.82) is 0 Å². The zero-order valence-corrected chi connectivity index (χ0v) is 10.8. The number of hydrogen-bond acceptors (Lipinski definition) is 3. The number of benzene rings is 1. The van der Waals surface area contributed by atoms with Gasteiger partial charge in [0.05, 0.1) is 12.6 Å². The van der Waals surface area contributed by atoms with Gasteiger partial charge in [-0.25, -0.2) is 0 Å². The lowest BCUT2D eigenvalue weighted by Crippen LogP contribution is -2.41. The molecule has 1 rings (SSSR count). The first-order valence-electron chi connectivity index (χ1n) is 5.39.